The van der Waals surface area contributed by atoms with Gasteiger partial charge in [0.1, 0.15) is 5.76 Å². The normalized spacial score (nSPS) is 12.0. The molecule has 0 unspecified atom stereocenters. The summed E-state index contributed by atoms with van der Waals surface area (Å²) in [5, 5.41) is 10.4. The number of carbonyl (C=O) groups is 1. The van der Waals surface area contributed by atoms with Crippen LogP contribution in [0.3, 0.4) is 0 Å². The van der Waals surface area contributed by atoms with Crippen molar-refractivity contribution in [2.45, 2.75) is 13.8 Å². The van der Waals surface area contributed by atoms with Crippen LogP contribution in [0.5, 0.6) is 0 Å². The van der Waals surface area contributed by atoms with Gasteiger partial charge in [0, 0.05) is 5.69 Å². The molecule has 6 heteroatoms. The monoisotopic (exact) mass is 258 g/mol. The number of carbonyl (C=O) groups excluding carboxylic acids is 1. The largest absolute Gasteiger partial charge is 0.465 e. The fourth-order valence-electron chi connectivity index (χ4n) is 1.42. The number of amides is 1. The van der Waals surface area contributed by atoms with E-state index in [1.165, 1.54) is 0 Å². The number of furan rings is 1. The van der Waals surface area contributed by atoms with E-state index in [0.717, 1.165) is 17.0 Å². The van der Waals surface area contributed by atoms with Crippen LogP contribution in [0.15, 0.2) is 39.6 Å². The van der Waals surface area contributed by atoms with Crippen molar-refractivity contribution in [3.8, 4) is 0 Å². The summed E-state index contributed by atoms with van der Waals surface area (Å²) in [5.41, 5.74) is 4.38. The molecule has 0 saturated carbocycles. The molecule has 0 spiro atoms. The molecule has 98 valence electrons. The van der Waals surface area contributed by atoms with Gasteiger partial charge in [-0.2, -0.15) is 10.2 Å². The maximum Gasteiger partial charge on any atom is 0.291 e. The van der Waals surface area contributed by atoms with Crippen LogP contribution in [0.2, 0.25) is 0 Å². The highest BCUT2D eigenvalue weighted by atomic mass is 16.3. The number of aromatic nitrogens is 2. The Kier molecular flexibility index (Phi) is 3.92. The van der Waals surface area contributed by atoms with Gasteiger partial charge < -0.3 is 4.42 Å². The summed E-state index contributed by atoms with van der Waals surface area (Å²) in [7, 11) is 0. The molecule has 0 bridgehead atoms. The molecular weight excluding hydrogens is 244 g/mol. The fourth-order valence-corrected chi connectivity index (χ4v) is 1.42. The third kappa shape index (κ3) is 3.67. The molecule has 0 saturated heterocycles. The lowest BCUT2D eigenvalue weighted by atomic mass is 10.3. The highest BCUT2D eigenvalue weighted by Crippen LogP contribution is 2.05. The molecule has 0 aliphatic heterocycles. The highest BCUT2D eigenvalue weighted by Gasteiger charge is 2.07. The third-order valence-corrected chi connectivity index (χ3v) is 2.29. The summed E-state index contributed by atoms with van der Waals surface area (Å²) >= 11 is 0. The van der Waals surface area contributed by atoms with Gasteiger partial charge in [-0.3, -0.25) is 9.89 Å². The molecule has 1 amide bonds. The first-order valence-corrected chi connectivity index (χ1v) is 5.72. The first-order valence-electron chi connectivity index (χ1n) is 5.72. The lowest BCUT2D eigenvalue weighted by molar-refractivity contribution is 0.0950. The summed E-state index contributed by atoms with van der Waals surface area (Å²) in [6, 6.07) is 5.29. The lowest BCUT2D eigenvalue weighted by Crippen LogP contribution is -2.17. The van der Waals surface area contributed by atoms with Crippen LogP contribution in [-0.4, -0.2) is 22.3 Å². The van der Waals surface area contributed by atoms with Crippen molar-refractivity contribution in [1.82, 2.24) is 15.6 Å². The van der Waals surface area contributed by atoms with Gasteiger partial charge in [-0.25, -0.2) is 5.43 Å². The number of aryl methyl sites for hydroxylation is 1. The Balaban J connectivity index is 1.91. The van der Waals surface area contributed by atoms with Crippen LogP contribution in [0.25, 0.3) is 6.08 Å². The predicted molar refractivity (Wildman–Crippen MR) is 71.6 cm³/mol. The topological polar surface area (TPSA) is 83.3 Å². The molecule has 2 N–H and O–H groups in total. The predicted octanol–water partition coefficient (Wildman–Crippen LogP) is 2.13. The third-order valence-electron chi connectivity index (χ3n) is 2.29. The van der Waals surface area contributed by atoms with Crippen LogP contribution in [0, 0.1) is 6.92 Å². The number of hydrazone groups is 1. The minimum absolute atomic E-state index is 0.308. The van der Waals surface area contributed by atoms with E-state index >= 15 is 0 Å². The first-order chi connectivity index (χ1) is 9.15. The molecule has 2 aromatic heterocycles. The molecule has 0 atom stereocenters. The Hall–Kier alpha value is -2.63. The van der Waals surface area contributed by atoms with E-state index in [9.17, 15) is 4.79 Å². The summed E-state index contributed by atoms with van der Waals surface area (Å²) in [5.74, 6) is 0.379. The van der Waals surface area contributed by atoms with E-state index in [4.69, 9.17) is 4.42 Å². The summed E-state index contributed by atoms with van der Waals surface area (Å²) < 4.78 is 5.16. The van der Waals surface area contributed by atoms with Gasteiger partial charge >= 0.3 is 0 Å². The van der Waals surface area contributed by atoms with E-state index in [0.29, 0.717) is 5.69 Å². The SMILES string of the molecule is CC(/C=N\NC(=O)c1cc(C)[nH]n1)=C\c1ccco1. The molecule has 19 heavy (non-hydrogen) atoms. The quantitative estimate of drug-likeness (QED) is 0.651. The maximum absolute atomic E-state index is 11.6. The zero-order valence-corrected chi connectivity index (χ0v) is 10.7. The number of nitrogens with zero attached hydrogens (tertiary/aromatic N) is 2. The van der Waals surface area contributed by atoms with Gasteiger partial charge in [0.05, 0.1) is 12.5 Å². The molecular formula is C13H14N4O2. The Morgan fingerprint density at radius 2 is 2.42 bits per heavy atom. The van der Waals surface area contributed by atoms with E-state index < -0.39 is 0 Å². The maximum atomic E-state index is 11.6. The number of H-pyrrole nitrogens is 1. The fraction of sp³-hybridized carbons (Fsp3) is 0.154. The van der Waals surface area contributed by atoms with Crippen LogP contribution in [0.1, 0.15) is 28.9 Å². The summed E-state index contributed by atoms with van der Waals surface area (Å²) in [6.45, 7) is 3.68. The molecule has 6 nitrogen and oxygen atoms in total. The smallest absolute Gasteiger partial charge is 0.291 e. The molecule has 0 aliphatic rings. The molecule has 2 heterocycles. The Morgan fingerprint density at radius 3 is 3.05 bits per heavy atom. The van der Waals surface area contributed by atoms with Crippen LogP contribution in [-0.2, 0) is 0 Å². The van der Waals surface area contributed by atoms with Crippen molar-refractivity contribution in [1.29, 1.82) is 0 Å². The van der Waals surface area contributed by atoms with Crippen molar-refractivity contribution in [2.75, 3.05) is 0 Å². The number of allylic oxidation sites excluding steroid dienone is 1. The minimum Gasteiger partial charge on any atom is -0.465 e. The minimum atomic E-state index is -0.355. The van der Waals surface area contributed by atoms with Gasteiger partial charge in [0.25, 0.3) is 5.91 Å². The Morgan fingerprint density at radius 1 is 1.58 bits per heavy atom. The molecule has 2 rings (SSSR count). The van der Waals surface area contributed by atoms with Gasteiger partial charge in [-0.1, -0.05) is 0 Å². The summed E-state index contributed by atoms with van der Waals surface area (Å²) in [6.07, 6.45) is 4.95. The van der Waals surface area contributed by atoms with Gasteiger partial charge in [-0.15, -0.1) is 0 Å². The molecule has 0 radical (unpaired) electrons. The zero-order valence-electron chi connectivity index (χ0n) is 10.7. The van der Waals surface area contributed by atoms with E-state index in [2.05, 4.69) is 20.7 Å². The van der Waals surface area contributed by atoms with Crippen molar-refractivity contribution in [3.63, 3.8) is 0 Å². The number of nitrogens with one attached hydrogen (secondary N) is 2. The number of hydrogen-bond acceptors (Lipinski definition) is 4. The molecule has 0 aromatic carbocycles. The van der Waals surface area contributed by atoms with Crippen molar-refractivity contribution in [3.05, 3.63) is 47.2 Å². The van der Waals surface area contributed by atoms with E-state index in [1.807, 2.05) is 26.0 Å². The molecule has 2 aromatic rings. The number of hydrogen-bond donors (Lipinski definition) is 2. The second kappa shape index (κ2) is 5.81. The average molecular weight is 258 g/mol. The van der Waals surface area contributed by atoms with E-state index in [1.54, 1.807) is 24.6 Å². The molecule has 0 aliphatic carbocycles. The van der Waals surface area contributed by atoms with Crippen molar-refractivity contribution >= 4 is 18.2 Å². The first kappa shape index (κ1) is 12.8. The van der Waals surface area contributed by atoms with Crippen molar-refractivity contribution in [2.24, 2.45) is 5.10 Å². The zero-order chi connectivity index (χ0) is 13.7. The second-order valence-corrected chi connectivity index (χ2v) is 4.04. The second-order valence-electron chi connectivity index (χ2n) is 4.04. The number of rotatable bonds is 4. The van der Waals surface area contributed by atoms with Gasteiger partial charge in [0.15, 0.2) is 5.69 Å². The Bertz CT molecular complexity index is 608. The van der Waals surface area contributed by atoms with Gasteiger partial charge in [-0.05, 0) is 43.7 Å². The lowest BCUT2D eigenvalue weighted by Gasteiger charge is -1.94. The Labute approximate surface area is 110 Å². The highest BCUT2D eigenvalue weighted by molar-refractivity contribution is 5.93. The summed E-state index contributed by atoms with van der Waals surface area (Å²) in [4.78, 5) is 11.6. The standard InChI is InChI=1S/C13H14N4O2/c1-9(6-11-4-3-5-19-11)8-14-17-13(18)12-7-10(2)15-16-12/h3-8H,1-2H3,(H,15,16)(H,17,18)/b9-6+,14-8-. The van der Waals surface area contributed by atoms with Crippen LogP contribution in [0.4, 0.5) is 0 Å². The van der Waals surface area contributed by atoms with Crippen LogP contribution >= 0.6 is 0 Å². The molecule has 0 fully saturated rings. The van der Waals surface area contributed by atoms with Crippen molar-refractivity contribution < 1.29 is 9.21 Å². The van der Waals surface area contributed by atoms with Crippen LogP contribution < -0.4 is 5.43 Å². The van der Waals surface area contributed by atoms with E-state index in [-0.39, 0.29) is 5.91 Å². The average Bonchev–Trinajstić information content (AvgIpc) is 3.00. The number of aromatic amines is 1. The van der Waals surface area contributed by atoms with Gasteiger partial charge in [0.2, 0.25) is 0 Å².